The lowest BCUT2D eigenvalue weighted by atomic mass is 10.1. The molecule has 0 aliphatic heterocycles. The van der Waals surface area contributed by atoms with Crippen molar-refractivity contribution in [3.63, 3.8) is 0 Å². The summed E-state index contributed by atoms with van der Waals surface area (Å²) >= 11 is 0. The number of fused-ring (bicyclic) bond motifs is 1. The molecule has 2 rings (SSSR count). The van der Waals surface area contributed by atoms with Crippen LogP contribution in [0, 0.1) is 0 Å². The average Bonchev–Trinajstić information content (AvgIpc) is 2.75. The Bertz CT molecular complexity index is 615. The van der Waals surface area contributed by atoms with Crippen molar-refractivity contribution < 1.29 is 4.79 Å². The number of rotatable bonds is 5. The minimum atomic E-state index is -0.0171. The highest BCUT2D eigenvalue weighted by Gasteiger charge is 2.12. The van der Waals surface area contributed by atoms with Crippen LogP contribution in [0.15, 0.2) is 18.2 Å². The molecule has 1 amide bonds. The van der Waals surface area contributed by atoms with Gasteiger partial charge in [-0.05, 0) is 31.5 Å². The molecule has 2 aromatic rings. The molecule has 0 saturated heterocycles. The lowest BCUT2D eigenvalue weighted by molar-refractivity contribution is 0.0938. The average molecular weight is 273 g/mol. The molecule has 1 atom stereocenters. The SMILES string of the molecule is CCC[C@H](C)NC(=O)c1ccc2c(c1)nc(CC)n2C. The number of carbonyl (C=O) groups is 1. The number of amides is 1. The lowest BCUT2D eigenvalue weighted by Gasteiger charge is -2.12. The third-order valence-electron chi connectivity index (χ3n) is 3.65. The van der Waals surface area contributed by atoms with Crippen LogP contribution >= 0.6 is 0 Å². The summed E-state index contributed by atoms with van der Waals surface area (Å²) in [6.45, 7) is 6.24. The monoisotopic (exact) mass is 273 g/mol. The van der Waals surface area contributed by atoms with E-state index >= 15 is 0 Å². The fourth-order valence-electron chi connectivity index (χ4n) is 2.52. The Morgan fingerprint density at radius 1 is 1.40 bits per heavy atom. The zero-order chi connectivity index (χ0) is 14.7. The molecule has 0 aliphatic rings. The van der Waals surface area contributed by atoms with Crippen molar-refractivity contribution in [2.45, 2.75) is 46.1 Å². The Kier molecular flexibility index (Phi) is 4.42. The number of imidazole rings is 1. The van der Waals surface area contributed by atoms with E-state index < -0.39 is 0 Å². The lowest BCUT2D eigenvalue weighted by Crippen LogP contribution is -2.32. The zero-order valence-corrected chi connectivity index (χ0v) is 12.7. The molecule has 20 heavy (non-hydrogen) atoms. The molecule has 1 heterocycles. The molecule has 0 saturated carbocycles. The predicted octanol–water partition coefficient (Wildman–Crippen LogP) is 3.05. The molecule has 4 nitrogen and oxygen atoms in total. The smallest absolute Gasteiger partial charge is 0.251 e. The van der Waals surface area contributed by atoms with Crippen LogP contribution < -0.4 is 5.32 Å². The van der Waals surface area contributed by atoms with Gasteiger partial charge in [0.05, 0.1) is 11.0 Å². The number of hydrogen-bond donors (Lipinski definition) is 1. The van der Waals surface area contributed by atoms with Crippen molar-refractivity contribution in [2.75, 3.05) is 0 Å². The molecule has 0 unspecified atom stereocenters. The van der Waals surface area contributed by atoms with Gasteiger partial charge >= 0.3 is 0 Å². The minimum Gasteiger partial charge on any atom is -0.350 e. The number of benzene rings is 1. The van der Waals surface area contributed by atoms with Crippen LogP contribution in [0.5, 0.6) is 0 Å². The van der Waals surface area contributed by atoms with Gasteiger partial charge < -0.3 is 9.88 Å². The minimum absolute atomic E-state index is 0.0171. The fraction of sp³-hybridized carbons (Fsp3) is 0.500. The summed E-state index contributed by atoms with van der Waals surface area (Å²) in [6.07, 6.45) is 2.96. The normalized spacial score (nSPS) is 12.6. The molecule has 0 spiro atoms. The summed E-state index contributed by atoms with van der Waals surface area (Å²) < 4.78 is 2.08. The second-order valence-electron chi connectivity index (χ2n) is 5.31. The van der Waals surface area contributed by atoms with E-state index in [0.29, 0.717) is 5.56 Å². The van der Waals surface area contributed by atoms with Crippen molar-refractivity contribution >= 4 is 16.9 Å². The molecule has 0 bridgehead atoms. The van der Waals surface area contributed by atoms with Crippen LogP contribution in [0.4, 0.5) is 0 Å². The van der Waals surface area contributed by atoms with Crippen molar-refractivity contribution in [3.05, 3.63) is 29.6 Å². The van der Waals surface area contributed by atoms with Crippen LogP contribution in [0.1, 0.15) is 49.8 Å². The maximum atomic E-state index is 12.2. The van der Waals surface area contributed by atoms with Crippen molar-refractivity contribution in [3.8, 4) is 0 Å². The topological polar surface area (TPSA) is 46.9 Å². The summed E-state index contributed by atoms with van der Waals surface area (Å²) in [5.74, 6) is 1.02. The number of aromatic nitrogens is 2. The van der Waals surface area contributed by atoms with Crippen LogP contribution in [-0.4, -0.2) is 21.5 Å². The molecule has 0 radical (unpaired) electrons. The van der Waals surface area contributed by atoms with Gasteiger partial charge in [0.2, 0.25) is 0 Å². The first-order chi connectivity index (χ1) is 9.56. The number of aryl methyl sites for hydroxylation is 2. The summed E-state index contributed by atoms with van der Waals surface area (Å²) in [6, 6.07) is 5.93. The van der Waals surface area contributed by atoms with Crippen molar-refractivity contribution in [1.29, 1.82) is 0 Å². The van der Waals surface area contributed by atoms with Gasteiger partial charge in [-0.3, -0.25) is 4.79 Å². The van der Waals surface area contributed by atoms with Gasteiger partial charge in [-0.15, -0.1) is 0 Å². The largest absolute Gasteiger partial charge is 0.350 e. The van der Waals surface area contributed by atoms with Gasteiger partial charge in [-0.1, -0.05) is 20.3 Å². The third kappa shape index (κ3) is 2.84. The van der Waals surface area contributed by atoms with Gasteiger partial charge in [-0.2, -0.15) is 0 Å². The summed E-state index contributed by atoms with van der Waals surface area (Å²) in [5.41, 5.74) is 2.64. The molecule has 108 valence electrons. The number of hydrogen-bond acceptors (Lipinski definition) is 2. The number of carbonyl (C=O) groups excluding carboxylic acids is 1. The Balaban J connectivity index is 2.25. The van der Waals surface area contributed by atoms with E-state index in [1.165, 1.54) is 0 Å². The molecule has 4 heteroatoms. The van der Waals surface area contributed by atoms with Crippen LogP contribution in [0.2, 0.25) is 0 Å². The molecular weight excluding hydrogens is 250 g/mol. The van der Waals surface area contributed by atoms with E-state index in [4.69, 9.17) is 0 Å². The number of nitrogens with one attached hydrogen (secondary N) is 1. The van der Waals surface area contributed by atoms with E-state index in [1.807, 2.05) is 32.2 Å². The fourth-order valence-corrected chi connectivity index (χ4v) is 2.52. The van der Waals surface area contributed by atoms with Gasteiger partial charge in [0.25, 0.3) is 5.91 Å². The molecular formula is C16H23N3O. The Labute approximate surface area is 120 Å². The van der Waals surface area contributed by atoms with Crippen molar-refractivity contribution in [1.82, 2.24) is 14.9 Å². The van der Waals surface area contributed by atoms with E-state index in [9.17, 15) is 4.79 Å². The third-order valence-corrected chi connectivity index (χ3v) is 3.65. The highest BCUT2D eigenvalue weighted by Crippen LogP contribution is 2.17. The predicted molar refractivity (Wildman–Crippen MR) is 81.9 cm³/mol. The Morgan fingerprint density at radius 3 is 2.80 bits per heavy atom. The first-order valence-corrected chi connectivity index (χ1v) is 7.33. The second-order valence-corrected chi connectivity index (χ2v) is 5.31. The number of nitrogens with zero attached hydrogens (tertiary/aromatic N) is 2. The molecule has 1 aromatic heterocycles. The summed E-state index contributed by atoms with van der Waals surface area (Å²) in [5, 5.41) is 3.02. The first kappa shape index (κ1) is 14.6. The summed E-state index contributed by atoms with van der Waals surface area (Å²) in [7, 11) is 2.01. The Hall–Kier alpha value is -1.84. The first-order valence-electron chi connectivity index (χ1n) is 7.33. The van der Waals surface area contributed by atoms with E-state index in [2.05, 4.69) is 28.7 Å². The molecule has 0 aliphatic carbocycles. The van der Waals surface area contributed by atoms with Crippen molar-refractivity contribution in [2.24, 2.45) is 7.05 Å². The molecule has 1 N–H and O–H groups in total. The highest BCUT2D eigenvalue weighted by molar-refractivity contribution is 5.97. The van der Waals surface area contributed by atoms with Crippen LogP contribution in [-0.2, 0) is 13.5 Å². The molecule has 0 fully saturated rings. The van der Waals surface area contributed by atoms with Crippen LogP contribution in [0.25, 0.3) is 11.0 Å². The van der Waals surface area contributed by atoms with E-state index in [0.717, 1.165) is 36.1 Å². The second kappa shape index (κ2) is 6.07. The summed E-state index contributed by atoms with van der Waals surface area (Å²) in [4.78, 5) is 16.8. The standard InChI is InChI=1S/C16H23N3O/c1-5-7-11(3)17-16(20)12-8-9-14-13(10-12)18-15(6-2)19(14)4/h8-11H,5-7H2,1-4H3,(H,17,20)/t11-/m0/s1. The maximum Gasteiger partial charge on any atom is 0.251 e. The van der Waals surface area contributed by atoms with Gasteiger partial charge in [0.1, 0.15) is 5.82 Å². The Morgan fingerprint density at radius 2 is 2.15 bits per heavy atom. The van der Waals surface area contributed by atoms with Gasteiger partial charge in [-0.25, -0.2) is 4.98 Å². The van der Waals surface area contributed by atoms with E-state index in [1.54, 1.807) is 0 Å². The van der Waals surface area contributed by atoms with Crippen LogP contribution in [0.3, 0.4) is 0 Å². The van der Waals surface area contributed by atoms with Gasteiger partial charge in [0, 0.05) is 25.1 Å². The molecule has 1 aromatic carbocycles. The highest BCUT2D eigenvalue weighted by atomic mass is 16.1. The zero-order valence-electron chi connectivity index (χ0n) is 12.7. The quantitative estimate of drug-likeness (QED) is 0.910. The van der Waals surface area contributed by atoms with Gasteiger partial charge in [0.15, 0.2) is 0 Å². The maximum absolute atomic E-state index is 12.2. The van der Waals surface area contributed by atoms with E-state index in [-0.39, 0.29) is 11.9 Å².